The highest BCUT2D eigenvalue weighted by Gasteiger charge is 2.18. The fraction of sp³-hybridized carbons (Fsp3) is 0.500. The quantitative estimate of drug-likeness (QED) is 0.859. The number of hydrogen-bond donors (Lipinski definition) is 2. The summed E-state index contributed by atoms with van der Waals surface area (Å²) >= 11 is 0. The molecule has 0 amide bonds. The monoisotopic (exact) mass is 271 g/mol. The van der Waals surface area contributed by atoms with E-state index in [0.29, 0.717) is 13.2 Å². The Morgan fingerprint density at radius 3 is 2.67 bits per heavy atom. The fourth-order valence-corrected chi connectivity index (χ4v) is 3.02. The molecule has 100 valence electrons. The van der Waals surface area contributed by atoms with Crippen LogP contribution in [0.1, 0.15) is 12.8 Å². The van der Waals surface area contributed by atoms with E-state index in [4.69, 9.17) is 9.84 Å². The first-order valence-electron chi connectivity index (χ1n) is 5.94. The Bertz CT molecular complexity index is 477. The van der Waals surface area contributed by atoms with Gasteiger partial charge in [-0.15, -0.1) is 0 Å². The maximum atomic E-state index is 12.0. The maximum Gasteiger partial charge on any atom is 0.240 e. The van der Waals surface area contributed by atoms with Gasteiger partial charge in [-0.1, -0.05) is 0 Å². The Hall–Kier alpha value is -1.11. The van der Waals surface area contributed by atoms with Crippen LogP contribution in [0.3, 0.4) is 0 Å². The zero-order valence-electron chi connectivity index (χ0n) is 10.0. The van der Waals surface area contributed by atoms with E-state index in [2.05, 4.69) is 4.72 Å². The molecule has 1 fully saturated rings. The molecule has 0 aliphatic carbocycles. The van der Waals surface area contributed by atoms with Crippen LogP contribution in [0.5, 0.6) is 5.75 Å². The molecule has 2 N–H and O–H groups in total. The minimum atomic E-state index is -3.49. The summed E-state index contributed by atoms with van der Waals surface area (Å²) in [6.45, 7) is 1.77. The summed E-state index contributed by atoms with van der Waals surface area (Å²) in [5.41, 5.74) is 0. The third-order valence-electron chi connectivity index (χ3n) is 2.96. The SMILES string of the molecule is O=S(=O)(NCC1CCCOC1)c1ccc(O)cc1. The zero-order valence-corrected chi connectivity index (χ0v) is 10.8. The number of benzene rings is 1. The first-order valence-corrected chi connectivity index (χ1v) is 7.43. The topological polar surface area (TPSA) is 75.6 Å². The third-order valence-corrected chi connectivity index (χ3v) is 4.40. The van der Waals surface area contributed by atoms with Gasteiger partial charge in [-0.05, 0) is 43.0 Å². The molecular formula is C12H17NO4S. The predicted molar refractivity (Wildman–Crippen MR) is 66.8 cm³/mol. The van der Waals surface area contributed by atoms with Gasteiger partial charge < -0.3 is 9.84 Å². The highest BCUT2D eigenvalue weighted by Crippen LogP contribution is 2.16. The van der Waals surface area contributed by atoms with Crippen molar-refractivity contribution in [2.24, 2.45) is 5.92 Å². The Morgan fingerprint density at radius 2 is 2.06 bits per heavy atom. The first-order chi connectivity index (χ1) is 8.58. The van der Waals surface area contributed by atoms with Crippen LogP contribution < -0.4 is 4.72 Å². The van der Waals surface area contributed by atoms with Gasteiger partial charge in [0.1, 0.15) is 5.75 Å². The average molecular weight is 271 g/mol. The minimum Gasteiger partial charge on any atom is -0.508 e. The van der Waals surface area contributed by atoms with Crippen LogP contribution >= 0.6 is 0 Å². The number of hydrogen-bond acceptors (Lipinski definition) is 4. The van der Waals surface area contributed by atoms with Crippen molar-refractivity contribution < 1.29 is 18.3 Å². The third kappa shape index (κ3) is 3.44. The van der Waals surface area contributed by atoms with Gasteiger partial charge in [0.25, 0.3) is 0 Å². The number of aromatic hydroxyl groups is 1. The molecule has 0 spiro atoms. The molecule has 0 saturated carbocycles. The number of rotatable bonds is 4. The molecule has 18 heavy (non-hydrogen) atoms. The summed E-state index contributed by atoms with van der Waals surface area (Å²) in [7, 11) is -3.49. The van der Waals surface area contributed by atoms with Crippen LogP contribution in [-0.4, -0.2) is 33.3 Å². The first kappa shape index (κ1) is 13.3. The van der Waals surface area contributed by atoms with E-state index in [1.54, 1.807) is 0 Å². The molecule has 1 unspecified atom stereocenters. The number of phenols is 1. The normalized spacial score (nSPS) is 20.8. The standard InChI is InChI=1S/C12H17NO4S/c14-11-3-5-12(6-4-11)18(15,16)13-8-10-2-1-7-17-9-10/h3-6,10,13-14H,1-2,7-9H2. The van der Waals surface area contributed by atoms with E-state index in [0.717, 1.165) is 19.4 Å². The van der Waals surface area contributed by atoms with Gasteiger partial charge in [0.05, 0.1) is 11.5 Å². The van der Waals surface area contributed by atoms with E-state index in [1.807, 2.05) is 0 Å². The lowest BCUT2D eigenvalue weighted by Gasteiger charge is -2.22. The largest absolute Gasteiger partial charge is 0.508 e. The number of nitrogens with one attached hydrogen (secondary N) is 1. The van der Waals surface area contributed by atoms with Crippen molar-refractivity contribution in [1.82, 2.24) is 4.72 Å². The van der Waals surface area contributed by atoms with Gasteiger partial charge in [0.2, 0.25) is 10.0 Å². The lowest BCUT2D eigenvalue weighted by atomic mass is 10.0. The van der Waals surface area contributed by atoms with Crippen LogP contribution in [0.2, 0.25) is 0 Å². The van der Waals surface area contributed by atoms with Crippen molar-refractivity contribution >= 4 is 10.0 Å². The van der Waals surface area contributed by atoms with Gasteiger partial charge in [0, 0.05) is 13.2 Å². The summed E-state index contributed by atoms with van der Waals surface area (Å²) in [6.07, 6.45) is 1.96. The molecule has 2 rings (SSSR count). The molecule has 0 bridgehead atoms. The van der Waals surface area contributed by atoms with Crippen molar-refractivity contribution in [3.8, 4) is 5.75 Å². The molecule has 0 radical (unpaired) electrons. The van der Waals surface area contributed by atoms with E-state index in [1.165, 1.54) is 24.3 Å². The Morgan fingerprint density at radius 1 is 1.33 bits per heavy atom. The second-order valence-electron chi connectivity index (χ2n) is 4.43. The zero-order chi connectivity index (χ0) is 13.0. The second-order valence-corrected chi connectivity index (χ2v) is 6.20. The van der Waals surface area contributed by atoms with Crippen LogP contribution in [0.25, 0.3) is 0 Å². The molecule has 1 aliphatic rings. The molecule has 1 heterocycles. The second kappa shape index (κ2) is 5.69. The summed E-state index contributed by atoms with van der Waals surface area (Å²) < 4.78 is 31.8. The minimum absolute atomic E-state index is 0.0506. The van der Waals surface area contributed by atoms with Crippen molar-refractivity contribution in [2.45, 2.75) is 17.7 Å². The Labute approximate surface area is 107 Å². The van der Waals surface area contributed by atoms with Crippen LogP contribution in [0.15, 0.2) is 29.2 Å². The highest BCUT2D eigenvalue weighted by atomic mass is 32.2. The van der Waals surface area contributed by atoms with Gasteiger partial charge in [0.15, 0.2) is 0 Å². The molecule has 5 nitrogen and oxygen atoms in total. The van der Waals surface area contributed by atoms with Gasteiger partial charge >= 0.3 is 0 Å². The van der Waals surface area contributed by atoms with Crippen molar-refractivity contribution in [1.29, 1.82) is 0 Å². The summed E-state index contributed by atoms with van der Waals surface area (Å²) in [6, 6.07) is 5.49. The molecular weight excluding hydrogens is 254 g/mol. The smallest absolute Gasteiger partial charge is 0.240 e. The molecule has 1 aromatic rings. The molecule has 1 atom stereocenters. The lowest BCUT2D eigenvalue weighted by molar-refractivity contribution is 0.0568. The van der Waals surface area contributed by atoms with E-state index >= 15 is 0 Å². The van der Waals surface area contributed by atoms with Gasteiger partial charge in [-0.3, -0.25) is 0 Å². The van der Waals surface area contributed by atoms with Crippen LogP contribution in [-0.2, 0) is 14.8 Å². The van der Waals surface area contributed by atoms with Crippen LogP contribution in [0.4, 0.5) is 0 Å². The Kier molecular flexibility index (Phi) is 4.21. The highest BCUT2D eigenvalue weighted by molar-refractivity contribution is 7.89. The molecule has 1 aliphatic heterocycles. The molecule has 6 heteroatoms. The van der Waals surface area contributed by atoms with Crippen molar-refractivity contribution in [2.75, 3.05) is 19.8 Å². The molecule has 1 saturated heterocycles. The van der Waals surface area contributed by atoms with E-state index in [9.17, 15) is 8.42 Å². The summed E-state index contributed by atoms with van der Waals surface area (Å²) in [4.78, 5) is 0.164. The van der Waals surface area contributed by atoms with Crippen molar-refractivity contribution in [3.05, 3.63) is 24.3 Å². The number of ether oxygens (including phenoxy) is 1. The van der Waals surface area contributed by atoms with Gasteiger partial charge in [-0.25, -0.2) is 13.1 Å². The summed E-state index contributed by atoms with van der Waals surface area (Å²) in [5.74, 6) is 0.292. The summed E-state index contributed by atoms with van der Waals surface area (Å²) in [5, 5.41) is 9.12. The Balaban J connectivity index is 1.96. The lowest BCUT2D eigenvalue weighted by Crippen LogP contribution is -2.33. The molecule has 0 aromatic heterocycles. The average Bonchev–Trinajstić information content (AvgIpc) is 2.38. The number of sulfonamides is 1. The number of phenolic OH excluding ortho intramolecular Hbond substituents is 1. The van der Waals surface area contributed by atoms with Gasteiger partial charge in [-0.2, -0.15) is 0 Å². The predicted octanol–water partition coefficient (Wildman–Crippen LogP) is 1.10. The maximum absolute atomic E-state index is 12.0. The van der Waals surface area contributed by atoms with Crippen LogP contribution in [0, 0.1) is 5.92 Å². The van der Waals surface area contributed by atoms with E-state index in [-0.39, 0.29) is 16.6 Å². The van der Waals surface area contributed by atoms with E-state index < -0.39 is 10.0 Å². The van der Waals surface area contributed by atoms with Crippen molar-refractivity contribution in [3.63, 3.8) is 0 Å². The fourth-order valence-electron chi connectivity index (χ4n) is 1.90. The molecule has 1 aromatic carbocycles.